The second-order valence-corrected chi connectivity index (χ2v) is 4.23. The summed E-state index contributed by atoms with van der Waals surface area (Å²) in [7, 11) is 0. The van der Waals surface area contributed by atoms with Gasteiger partial charge in [-0.3, -0.25) is 0 Å². The lowest BCUT2D eigenvalue weighted by Gasteiger charge is -2.15. The monoisotopic (exact) mass is 290 g/mol. The summed E-state index contributed by atoms with van der Waals surface area (Å²) in [5.41, 5.74) is 6.79. The molecule has 4 nitrogen and oxygen atoms in total. The van der Waals surface area contributed by atoms with Crippen molar-refractivity contribution in [1.82, 2.24) is 0 Å². The van der Waals surface area contributed by atoms with Crippen molar-refractivity contribution in [2.24, 2.45) is 0 Å². The van der Waals surface area contributed by atoms with Crippen molar-refractivity contribution < 1.29 is 9.90 Å². The normalized spacial score (nSPS) is 12.1. The Labute approximate surface area is 101 Å². The van der Waals surface area contributed by atoms with Crippen molar-refractivity contribution >= 4 is 45.9 Å². The zero-order valence-corrected chi connectivity index (χ0v) is 10.3. The molecule has 0 saturated heterocycles. The molecule has 0 amide bonds. The molecule has 0 spiro atoms. The lowest BCUT2D eigenvalue weighted by atomic mass is 10.2. The number of nitrogen functional groups attached to an aromatic ring is 1. The van der Waals surface area contributed by atoms with Gasteiger partial charge >= 0.3 is 5.97 Å². The first kappa shape index (κ1) is 12.2. The predicted molar refractivity (Wildman–Crippen MR) is 67.5 cm³/mol. The Morgan fingerprint density at radius 2 is 2.33 bits per heavy atom. The topological polar surface area (TPSA) is 75.3 Å². The molecule has 1 aromatic carbocycles. The maximum absolute atomic E-state index is 10.8. The molecule has 1 rings (SSSR count). The lowest BCUT2D eigenvalue weighted by Crippen LogP contribution is -2.31. The fourth-order valence-electron chi connectivity index (χ4n) is 1.03. The van der Waals surface area contributed by atoms with E-state index < -0.39 is 12.0 Å². The van der Waals surface area contributed by atoms with Gasteiger partial charge in [-0.2, -0.15) is 12.6 Å². The Morgan fingerprint density at radius 3 is 2.87 bits per heavy atom. The van der Waals surface area contributed by atoms with Gasteiger partial charge in [-0.25, -0.2) is 4.79 Å². The summed E-state index contributed by atoms with van der Waals surface area (Å²) in [4.78, 5) is 10.8. The van der Waals surface area contributed by atoms with Crippen LogP contribution in [0.5, 0.6) is 0 Å². The van der Waals surface area contributed by atoms with Gasteiger partial charge in [0.25, 0.3) is 0 Å². The molecule has 0 aliphatic carbocycles. The summed E-state index contributed by atoms with van der Waals surface area (Å²) in [6.45, 7) is 0. The molecule has 6 heteroatoms. The molecule has 0 aliphatic rings. The highest BCUT2D eigenvalue weighted by Gasteiger charge is 2.15. The van der Waals surface area contributed by atoms with Crippen molar-refractivity contribution in [3.8, 4) is 0 Å². The van der Waals surface area contributed by atoms with Crippen molar-refractivity contribution in [2.45, 2.75) is 6.04 Å². The maximum atomic E-state index is 10.8. The van der Waals surface area contributed by atoms with Gasteiger partial charge in [0.15, 0.2) is 0 Å². The van der Waals surface area contributed by atoms with Gasteiger partial charge in [0.1, 0.15) is 6.04 Å². The van der Waals surface area contributed by atoms with Crippen LogP contribution in [0.1, 0.15) is 0 Å². The number of thiol groups is 1. The molecule has 0 bridgehead atoms. The van der Waals surface area contributed by atoms with Gasteiger partial charge in [0.2, 0.25) is 0 Å². The van der Waals surface area contributed by atoms with E-state index in [1.54, 1.807) is 18.2 Å². The summed E-state index contributed by atoms with van der Waals surface area (Å²) < 4.78 is 0.836. The van der Waals surface area contributed by atoms with E-state index in [-0.39, 0.29) is 5.75 Å². The Morgan fingerprint density at radius 1 is 1.67 bits per heavy atom. The number of anilines is 2. The largest absolute Gasteiger partial charge is 0.480 e. The quantitative estimate of drug-likeness (QED) is 0.504. The lowest BCUT2D eigenvalue weighted by molar-refractivity contribution is -0.137. The molecule has 0 heterocycles. The number of hydrogen-bond acceptors (Lipinski definition) is 4. The highest BCUT2D eigenvalue weighted by atomic mass is 79.9. The maximum Gasteiger partial charge on any atom is 0.326 e. The van der Waals surface area contributed by atoms with Crippen molar-refractivity contribution in [3.05, 3.63) is 22.7 Å². The molecule has 1 aromatic rings. The van der Waals surface area contributed by atoms with Gasteiger partial charge in [0, 0.05) is 10.2 Å². The molecule has 0 fully saturated rings. The Bertz CT molecular complexity index is 373. The minimum absolute atomic E-state index is 0.196. The second-order valence-electron chi connectivity index (χ2n) is 2.95. The molecule has 82 valence electrons. The number of carboxylic acids is 1. The van der Waals surface area contributed by atoms with Crippen molar-refractivity contribution in [3.63, 3.8) is 0 Å². The minimum atomic E-state index is -0.954. The van der Waals surface area contributed by atoms with E-state index in [4.69, 9.17) is 10.8 Å². The fourth-order valence-corrected chi connectivity index (χ4v) is 1.64. The Kier molecular flexibility index (Phi) is 4.28. The third kappa shape index (κ3) is 3.32. The van der Waals surface area contributed by atoms with E-state index in [0.29, 0.717) is 11.4 Å². The van der Waals surface area contributed by atoms with Crippen LogP contribution < -0.4 is 11.1 Å². The highest BCUT2D eigenvalue weighted by Crippen LogP contribution is 2.24. The SMILES string of the molecule is Nc1ccc(Br)cc1N[C@@H](CS)C(=O)O. The van der Waals surface area contributed by atoms with E-state index in [1.165, 1.54) is 0 Å². The van der Waals surface area contributed by atoms with E-state index in [0.717, 1.165) is 4.47 Å². The van der Waals surface area contributed by atoms with Gasteiger partial charge in [0.05, 0.1) is 11.4 Å². The number of nitrogens with one attached hydrogen (secondary N) is 1. The molecule has 4 N–H and O–H groups in total. The Balaban J connectivity index is 2.87. The number of hydrogen-bond donors (Lipinski definition) is 4. The van der Waals surface area contributed by atoms with Gasteiger partial charge in [-0.05, 0) is 18.2 Å². The van der Waals surface area contributed by atoms with E-state index >= 15 is 0 Å². The molecule has 0 saturated carbocycles. The average molecular weight is 291 g/mol. The molecular weight excluding hydrogens is 280 g/mol. The highest BCUT2D eigenvalue weighted by molar-refractivity contribution is 9.10. The van der Waals surface area contributed by atoms with Gasteiger partial charge in [-0.1, -0.05) is 15.9 Å². The van der Waals surface area contributed by atoms with Crippen LogP contribution in [0.25, 0.3) is 0 Å². The number of benzene rings is 1. The average Bonchev–Trinajstić information content (AvgIpc) is 2.18. The molecule has 0 radical (unpaired) electrons. The fraction of sp³-hybridized carbons (Fsp3) is 0.222. The first-order valence-corrected chi connectivity index (χ1v) is 5.62. The molecular formula is C9H11BrN2O2S. The van der Waals surface area contributed by atoms with Crippen LogP contribution in [0.3, 0.4) is 0 Å². The first-order chi connectivity index (χ1) is 7.04. The van der Waals surface area contributed by atoms with Gasteiger partial charge < -0.3 is 16.2 Å². The summed E-state index contributed by atoms with van der Waals surface area (Å²) in [5, 5.41) is 11.6. The summed E-state index contributed by atoms with van der Waals surface area (Å²) in [5.74, 6) is -0.759. The number of aliphatic carboxylic acids is 1. The van der Waals surface area contributed by atoms with Crippen molar-refractivity contribution in [1.29, 1.82) is 0 Å². The number of carboxylic acid groups (broad SMARTS) is 1. The van der Waals surface area contributed by atoms with Crippen LogP contribution in [0.4, 0.5) is 11.4 Å². The number of nitrogens with two attached hydrogens (primary N) is 1. The zero-order valence-electron chi connectivity index (χ0n) is 7.77. The molecule has 1 atom stereocenters. The van der Waals surface area contributed by atoms with Crippen LogP contribution in [0.2, 0.25) is 0 Å². The van der Waals surface area contributed by atoms with Crippen LogP contribution in [0.15, 0.2) is 22.7 Å². The van der Waals surface area contributed by atoms with E-state index in [1.807, 2.05) is 0 Å². The van der Waals surface area contributed by atoms with E-state index in [2.05, 4.69) is 33.9 Å². The molecule has 0 unspecified atom stereocenters. The minimum Gasteiger partial charge on any atom is -0.480 e. The Hall–Kier alpha value is -0.880. The number of rotatable bonds is 4. The summed E-state index contributed by atoms with van der Waals surface area (Å²) in [6.07, 6.45) is 0. The zero-order chi connectivity index (χ0) is 11.4. The molecule has 0 aliphatic heterocycles. The summed E-state index contributed by atoms with van der Waals surface area (Å²) >= 11 is 7.23. The van der Waals surface area contributed by atoms with Gasteiger partial charge in [-0.15, -0.1) is 0 Å². The second kappa shape index (κ2) is 5.27. The standard InChI is InChI=1S/C9H11BrN2O2S/c10-5-1-2-6(11)7(3-5)12-8(4-15)9(13)14/h1-3,8,12,15H,4,11H2,(H,13,14)/t8-/m0/s1. The van der Waals surface area contributed by atoms with Crippen LogP contribution in [-0.4, -0.2) is 22.9 Å². The van der Waals surface area contributed by atoms with Crippen molar-refractivity contribution in [2.75, 3.05) is 16.8 Å². The van der Waals surface area contributed by atoms with Crippen LogP contribution in [0, 0.1) is 0 Å². The molecule has 15 heavy (non-hydrogen) atoms. The third-order valence-electron chi connectivity index (χ3n) is 1.83. The first-order valence-electron chi connectivity index (χ1n) is 4.20. The number of halogens is 1. The van der Waals surface area contributed by atoms with Crippen LogP contribution in [-0.2, 0) is 4.79 Å². The number of carbonyl (C=O) groups is 1. The molecule has 0 aromatic heterocycles. The predicted octanol–water partition coefficient (Wildman–Crippen LogP) is 1.83. The third-order valence-corrected chi connectivity index (χ3v) is 2.68. The van der Waals surface area contributed by atoms with E-state index in [9.17, 15) is 4.79 Å². The summed E-state index contributed by atoms with van der Waals surface area (Å²) in [6, 6.07) is 4.47. The van der Waals surface area contributed by atoms with Crippen LogP contribution >= 0.6 is 28.6 Å². The smallest absolute Gasteiger partial charge is 0.326 e.